The predicted molar refractivity (Wildman–Crippen MR) is 125 cm³/mol. The number of aromatic nitrogens is 2. The zero-order valence-electron chi connectivity index (χ0n) is 17.5. The van der Waals surface area contributed by atoms with E-state index in [1.54, 1.807) is 6.20 Å². The van der Waals surface area contributed by atoms with Crippen LogP contribution >= 0.6 is 12.2 Å². The summed E-state index contributed by atoms with van der Waals surface area (Å²) in [5, 5.41) is 6.93. The van der Waals surface area contributed by atoms with Crippen LogP contribution in [-0.2, 0) is 16.1 Å². The molecule has 160 valence electrons. The van der Waals surface area contributed by atoms with Crippen LogP contribution in [0.1, 0.15) is 30.4 Å². The number of nitrogens with one attached hydrogen (secondary N) is 2. The molecule has 2 aromatic heterocycles. The largest absolute Gasteiger partial charge is 0.375 e. The summed E-state index contributed by atoms with van der Waals surface area (Å²) in [4.78, 5) is 18.5. The zero-order chi connectivity index (χ0) is 21.8. The molecule has 1 aliphatic heterocycles. The predicted octanol–water partition coefficient (Wildman–Crippen LogP) is 3.67. The number of ether oxygens (including phenoxy) is 1. The summed E-state index contributed by atoms with van der Waals surface area (Å²) in [7, 11) is 1.49. The Bertz CT molecular complexity index is 1050. The molecule has 3 heterocycles. The molecular weight excluding hydrogens is 410 g/mol. The van der Waals surface area contributed by atoms with Crippen LogP contribution < -0.4 is 15.5 Å². The number of carbonyl (C=O) groups excluding carboxylic acids is 1. The number of methoxy groups -OCH3 is 1. The molecule has 2 N–H and O–H groups in total. The van der Waals surface area contributed by atoms with Gasteiger partial charge in [-0.3, -0.25) is 9.78 Å². The van der Waals surface area contributed by atoms with Gasteiger partial charge in [-0.1, -0.05) is 6.07 Å². The van der Waals surface area contributed by atoms with Gasteiger partial charge in [0.1, 0.15) is 12.6 Å². The number of nitrogens with zero attached hydrogens (tertiary/aromatic N) is 3. The molecule has 0 spiro atoms. The van der Waals surface area contributed by atoms with E-state index in [4.69, 9.17) is 17.0 Å². The van der Waals surface area contributed by atoms with Crippen molar-refractivity contribution in [2.45, 2.75) is 25.6 Å². The number of amides is 1. The minimum Gasteiger partial charge on any atom is -0.375 e. The fourth-order valence-corrected chi connectivity index (χ4v) is 4.30. The van der Waals surface area contributed by atoms with Crippen molar-refractivity contribution in [2.75, 3.05) is 23.9 Å². The van der Waals surface area contributed by atoms with Crippen LogP contribution in [0.25, 0.3) is 0 Å². The van der Waals surface area contributed by atoms with Gasteiger partial charge in [-0.05, 0) is 67.7 Å². The Morgan fingerprint density at radius 2 is 2.00 bits per heavy atom. The van der Waals surface area contributed by atoms with Gasteiger partial charge in [-0.15, -0.1) is 0 Å². The summed E-state index contributed by atoms with van der Waals surface area (Å²) in [5.41, 5.74) is 3.74. The van der Waals surface area contributed by atoms with Crippen LogP contribution in [0.3, 0.4) is 0 Å². The van der Waals surface area contributed by atoms with Crippen molar-refractivity contribution in [1.82, 2.24) is 14.9 Å². The third-order valence-corrected chi connectivity index (χ3v) is 5.63. The first-order chi connectivity index (χ1) is 15.1. The van der Waals surface area contributed by atoms with Crippen LogP contribution in [0.5, 0.6) is 0 Å². The molecule has 3 aromatic rings. The monoisotopic (exact) mass is 435 g/mol. The van der Waals surface area contributed by atoms with Gasteiger partial charge in [0.25, 0.3) is 0 Å². The van der Waals surface area contributed by atoms with Crippen molar-refractivity contribution in [2.24, 2.45) is 0 Å². The number of thiocarbonyl (C=S) groups is 1. The number of benzene rings is 1. The van der Waals surface area contributed by atoms with Crippen molar-refractivity contribution in [3.05, 3.63) is 78.4 Å². The van der Waals surface area contributed by atoms with E-state index in [1.165, 1.54) is 7.11 Å². The van der Waals surface area contributed by atoms with Gasteiger partial charge >= 0.3 is 0 Å². The fourth-order valence-electron chi connectivity index (χ4n) is 3.95. The zero-order valence-corrected chi connectivity index (χ0v) is 18.3. The number of hydrogen-bond donors (Lipinski definition) is 2. The lowest BCUT2D eigenvalue weighted by molar-refractivity contribution is -0.119. The highest BCUT2D eigenvalue weighted by Crippen LogP contribution is 2.41. The maximum absolute atomic E-state index is 11.8. The summed E-state index contributed by atoms with van der Waals surface area (Å²) >= 11 is 5.76. The van der Waals surface area contributed by atoms with Crippen LogP contribution in [0.2, 0.25) is 0 Å². The molecule has 8 heteroatoms. The lowest BCUT2D eigenvalue weighted by Crippen LogP contribution is -2.30. The Morgan fingerprint density at radius 3 is 2.68 bits per heavy atom. The normalized spacial score (nSPS) is 18.1. The number of hydrogen-bond acceptors (Lipinski definition) is 4. The summed E-state index contributed by atoms with van der Waals surface area (Å²) in [6.45, 7) is 3.00. The summed E-state index contributed by atoms with van der Waals surface area (Å²) in [5.74, 6) is -0.192. The summed E-state index contributed by atoms with van der Waals surface area (Å²) in [6.07, 6.45) is 3.88. The smallest absolute Gasteiger partial charge is 0.250 e. The van der Waals surface area contributed by atoms with Crippen molar-refractivity contribution < 1.29 is 9.53 Å². The number of anilines is 2. The van der Waals surface area contributed by atoms with Gasteiger partial charge in [0.2, 0.25) is 5.91 Å². The molecule has 31 heavy (non-hydrogen) atoms. The van der Waals surface area contributed by atoms with Gasteiger partial charge in [-0.25, -0.2) is 0 Å². The third kappa shape index (κ3) is 4.30. The summed E-state index contributed by atoms with van der Waals surface area (Å²) < 4.78 is 7.10. The Morgan fingerprint density at radius 1 is 1.19 bits per heavy atom. The van der Waals surface area contributed by atoms with Crippen LogP contribution in [0.15, 0.2) is 67.0 Å². The molecule has 0 bridgehead atoms. The van der Waals surface area contributed by atoms with Gasteiger partial charge in [0.05, 0.1) is 11.7 Å². The van der Waals surface area contributed by atoms with Crippen molar-refractivity contribution in [1.29, 1.82) is 0 Å². The van der Waals surface area contributed by atoms with Gasteiger partial charge in [0.15, 0.2) is 5.11 Å². The molecule has 7 nitrogen and oxygen atoms in total. The van der Waals surface area contributed by atoms with Gasteiger partial charge < -0.3 is 24.8 Å². The second kappa shape index (κ2) is 9.28. The SMILES string of the molecule is CCn1cccc1[C@H]1[C@H](c2ccccn2)NC(=S)N1c1ccc(NC(=O)COC)cc1. The first kappa shape index (κ1) is 21.0. The number of rotatable bonds is 7. The third-order valence-electron chi connectivity index (χ3n) is 5.31. The Balaban J connectivity index is 1.69. The second-order valence-corrected chi connectivity index (χ2v) is 7.63. The molecule has 1 amide bonds. The first-order valence-electron chi connectivity index (χ1n) is 10.2. The fraction of sp³-hybridized carbons (Fsp3) is 0.261. The molecule has 0 radical (unpaired) electrons. The summed E-state index contributed by atoms with van der Waals surface area (Å²) in [6, 6.07) is 17.6. The Kier molecular flexibility index (Phi) is 6.29. The molecule has 2 atom stereocenters. The number of aryl methyl sites for hydroxylation is 1. The number of carbonyl (C=O) groups is 1. The highest BCUT2D eigenvalue weighted by Gasteiger charge is 2.41. The first-order valence-corrected chi connectivity index (χ1v) is 10.6. The molecule has 1 fully saturated rings. The van der Waals surface area contributed by atoms with Crippen molar-refractivity contribution >= 4 is 34.6 Å². The molecule has 0 aliphatic carbocycles. The van der Waals surface area contributed by atoms with E-state index in [-0.39, 0.29) is 24.6 Å². The van der Waals surface area contributed by atoms with E-state index in [2.05, 4.69) is 50.3 Å². The molecule has 0 unspecified atom stereocenters. The van der Waals surface area contributed by atoms with Crippen LogP contribution in [0.4, 0.5) is 11.4 Å². The van der Waals surface area contributed by atoms with Crippen molar-refractivity contribution in [3.63, 3.8) is 0 Å². The second-order valence-electron chi connectivity index (χ2n) is 7.24. The van der Waals surface area contributed by atoms with E-state index in [9.17, 15) is 4.79 Å². The van der Waals surface area contributed by atoms with E-state index >= 15 is 0 Å². The van der Waals surface area contributed by atoms with Crippen LogP contribution in [-0.4, -0.2) is 34.3 Å². The highest BCUT2D eigenvalue weighted by atomic mass is 32.1. The molecule has 1 aromatic carbocycles. The van der Waals surface area contributed by atoms with E-state index in [1.807, 2.05) is 42.5 Å². The molecule has 1 saturated heterocycles. The minimum atomic E-state index is -0.192. The van der Waals surface area contributed by atoms with E-state index in [0.29, 0.717) is 10.8 Å². The topological polar surface area (TPSA) is 71.4 Å². The van der Waals surface area contributed by atoms with Gasteiger partial charge in [-0.2, -0.15) is 0 Å². The van der Waals surface area contributed by atoms with Crippen LogP contribution in [0, 0.1) is 0 Å². The van der Waals surface area contributed by atoms with Crippen molar-refractivity contribution in [3.8, 4) is 0 Å². The quantitative estimate of drug-likeness (QED) is 0.552. The minimum absolute atomic E-state index is 0.0176. The highest BCUT2D eigenvalue weighted by molar-refractivity contribution is 7.80. The average Bonchev–Trinajstić information content (AvgIpc) is 3.39. The van der Waals surface area contributed by atoms with E-state index < -0.39 is 0 Å². The lowest BCUT2D eigenvalue weighted by Gasteiger charge is -2.29. The molecular formula is C23H25N5O2S. The molecule has 0 saturated carbocycles. The average molecular weight is 436 g/mol. The Hall–Kier alpha value is -3.23. The number of pyridine rings is 1. The van der Waals surface area contributed by atoms with E-state index in [0.717, 1.165) is 23.6 Å². The standard InChI is InChI=1S/C23H25N5O2S/c1-3-27-14-6-8-19(27)22-21(18-7-4-5-13-24-18)26-23(31)28(22)17-11-9-16(10-12-17)25-20(29)15-30-2/h4-14,21-22H,3,15H2,1-2H3,(H,25,29)(H,26,31)/t21-,22-/m0/s1. The lowest BCUT2D eigenvalue weighted by atomic mass is 10.0. The maximum atomic E-state index is 11.8. The molecule has 1 aliphatic rings. The Labute approximate surface area is 187 Å². The van der Waals surface area contributed by atoms with Gasteiger partial charge in [0, 0.05) is 43.1 Å². The maximum Gasteiger partial charge on any atom is 0.250 e. The molecule has 4 rings (SSSR count).